The summed E-state index contributed by atoms with van der Waals surface area (Å²) < 4.78 is 24.9. The molecule has 0 spiro atoms. The predicted octanol–water partition coefficient (Wildman–Crippen LogP) is 3.63. The van der Waals surface area contributed by atoms with Crippen LogP contribution in [0.25, 0.3) is 10.9 Å². The van der Waals surface area contributed by atoms with Crippen LogP contribution in [0, 0.1) is 17.8 Å². The van der Waals surface area contributed by atoms with Gasteiger partial charge in [0.25, 0.3) is 0 Å². The number of alkyl carbamates (subject to hydrolysis) is 1. The van der Waals surface area contributed by atoms with Crippen molar-refractivity contribution in [1.29, 1.82) is 0 Å². The summed E-state index contributed by atoms with van der Waals surface area (Å²) in [6.45, 7) is 8.28. The molecule has 4 heterocycles. The summed E-state index contributed by atoms with van der Waals surface area (Å²) in [6.07, 6.45) is 9.45. The lowest BCUT2D eigenvalue weighted by atomic mass is 9.96. The highest BCUT2D eigenvalue weighted by molar-refractivity contribution is 5.98. The number of fused-ring (bicyclic) bond motifs is 5. The van der Waals surface area contributed by atoms with Crippen molar-refractivity contribution < 1.29 is 38.1 Å². The number of primary amides is 1. The molecule has 0 unspecified atom stereocenters. The first-order valence-corrected chi connectivity index (χ1v) is 20.8. The standard InChI is InChI=1S/C42H56N6O8/c1-2-28-24-42(28,40(43)51)46-37(49)33-23-29-25-48(33)39(50)35(26-10-6-7-11-26)45-41(52)56-34-22-27(34)12-4-3-5-14-31-36(54-21-18-47-16-19-53-20-17-47)30-13-8-9-15-32(30)44-38(31)55-29/h2,8-9,13,15,26-29,33-35H,1,3-7,10-12,14,16-25H2,(H2,43,51)(H,45,52)(H,46,49)/t27-,28-,29-,33+,34-,35+,42-/m1/s1. The van der Waals surface area contributed by atoms with Crippen LogP contribution in [-0.2, 0) is 30.3 Å². The number of nitrogens with zero attached hydrogens (tertiary/aromatic N) is 3. The van der Waals surface area contributed by atoms with Gasteiger partial charge in [-0.05, 0) is 68.9 Å². The number of rotatable bonds is 9. The summed E-state index contributed by atoms with van der Waals surface area (Å²) in [5.41, 5.74) is 6.16. The van der Waals surface area contributed by atoms with Crippen LogP contribution in [0.2, 0.25) is 0 Å². The van der Waals surface area contributed by atoms with Crippen LogP contribution in [-0.4, -0.2) is 114 Å². The summed E-state index contributed by atoms with van der Waals surface area (Å²) in [4.78, 5) is 63.9. The fraction of sp³-hybridized carbons (Fsp3) is 0.643. The smallest absolute Gasteiger partial charge is 0.408 e. The van der Waals surface area contributed by atoms with E-state index in [1.807, 2.05) is 24.3 Å². The molecule has 2 aromatic rings. The molecule has 8 rings (SSSR count). The summed E-state index contributed by atoms with van der Waals surface area (Å²) in [5.74, 6) is -0.423. The maximum Gasteiger partial charge on any atom is 0.408 e. The summed E-state index contributed by atoms with van der Waals surface area (Å²) >= 11 is 0. The molecule has 302 valence electrons. The van der Waals surface area contributed by atoms with E-state index in [4.69, 9.17) is 29.7 Å². The highest BCUT2D eigenvalue weighted by Crippen LogP contribution is 2.45. The molecule has 6 aliphatic rings. The zero-order valence-electron chi connectivity index (χ0n) is 32.3. The fourth-order valence-electron chi connectivity index (χ4n) is 9.38. The van der Waals surface area contributed by atoms with Crippen molar-refractivity contribution in [2.75, 3.05) is 46.0 Å². The van der Waals surface area contributed by atoms with Gasteiger partial charge in [0.15, 0.2) is 0 Å². The molecule has 4 amide bonds. The first kappa shape index (κ1) is 38.4. The number of aromatic nitrogens is 1. The number of amides is 4. The molecule has 3 aliphatic heterocycles. The van der Waals surface area contributed by atoms with Crippen LogP contribution in [0.1, 0.15) is 76.2 Å². The van der Waals surface area contributed by atoms with Gasteiger partial charge in [0.05, 0.1) is 30.8 Å². The average molecular weight is 773 g/mol. The summed E-state index contributed by atoms with van der Waals surface area (Å²) in [6, 6.07) is 6.04. The van der Waals surface area contributed by atoms with E-state index in [1.165, 1.54) is 4.90 Å². The molecule has 1 aromatic carbocycles. The van der Waals surface area contributed by atoms with E-state index < -0.39 is 41.6 Å². The van der Waals surface area contributed by atoms with Crippen molar-refractivity contribution in [3.05, 3.63) is 42.5 Å². The number of para-hydroxylation sites is 1. The normalized spacial score (nSPS) is 31.5. The molecule has 7 atom stereocenters. The second-order valence-corrected chi connectivity index (χ2v) is 16.6. The van der Waals surface area contributed by atoms with E-state index in [9.17, 15) is 19.2 Å². The van der Waals surface area contributed by atoms with Crippen LogP contribution in [0.3, 0.4) is 0 Å². The predicted molar refractivity (Wildman–Crippen MR) is 207 cm³/mol. The zero-order chi connectivity index (χ0) is 38.8. The van der Waals surface area contributed by atoms with E-state index in [0.717, 1.165) is 99.6 Å². The Balaban J connectivity index is 1.13. The number of nitrogens with two attached hydrogens (primary N) is 1. The minimum atomic E-state index is -1.26. The van der Waals surface area contributed by atoms with Crippen LogP contribution in [0.4, 0.5) is 4.79 Å². The van der Waals surface area contributed by atoms with Gasteiger partial charge in [0.1, 0.15) is 42.2 Å². The Morgan fingerprint density at radius 1 is 1.04 bits per heavy atom. The zero-order valence-corrected chi connectivity index (χ0v) is 32.3. The summed E-state index contributed by atoms with van der Waals surface area (Å²) in [7, 11) is 0. The van der Waals surface area contributed by atoms with E-state index in [0.29, 0.717) is 44.5 Å². The molecule has 0 radical (unpaired) electrons. The first-order valence-electron chi connectivity index (χ1n) is 20.8. The SMILES string of the molecule is C=C[C@@H]1C[C@]1(NC(=O)[C@@H]1C[C@@H]2CN1C(=O)[C@H](C1CCCC1)NC(=O)O[C@@H]1C[C@H]1CCCCCc1c(nc3ccccc3c1OCCN1CCOCC1)O2)C(N)=O. The van der Waals surface area contributed by atoms with Gasteiger partial charge < -0.3 is 40.2 Å². The number of carbonyl (C=O) groups excluding carboxylic acids is 4. The third-order valence-corrected chi connectivity index (χ3v) is 12.9. The molecule has 56 heavy (non-hydrogen) atoms. The molecule has 2 bridgehead atoms. The lowest BCUT2D eigenvalue weighted by molar-refractivity contribution is -0.142. The molecule has 4 N–H and O–H groups in total. The van der Waals surface area contributed by atoms with Crippen molar-refractivity contribution >= 4 is 34.7 Å². The van der Waals surface area contributed by atoms with Crippen LogP contribution < -0.4 is 25.8 Å². The molecule has 3 saturated carbocycles. The van der Waals surface area contributed by atoms with Crippen molar-refractivity contribution in [3.8, 4) is 11.6 Å². The largest absolute Gasteiger partial charge is 0.491 e. The van der Waals surface area contributed by atoms with Crippen LogP contribution in [0.15, 0.2) is 36.9 Å². The van der Waals surface area contributed by atoms with Crippen molar-refractivity contribution in [3.63, 3.8) is 0 Å². The number of nitrogens with one attached hydrogen (secondary N) is 2. The van der Waals surface area contributed by atoms with E-state index in [-0.39, 0.29) is 36.8 Å². The third kappa shape index (κ3) is 8.18. The Bertz CT molecular complexity index is 1810. The highest BCUT2D eigenvalue weighted by atomic mass is 16.6. The van der Waals surface area contributed by atoms with Crippen LogP contribution in [0.5, 0.6) is 11.6 Å². The molecular formula is C42H56N6O8. The highest BCUT2D eigenvalue weighted by Gasteiger charge is 2.60. The van der Waals surface area contributed by atoms with Gasteiger partial charge in [-0.25, -0.2) is 9.78 Å². The topological polar surface area (TPSA) is 175 Å². The van der Waals surface area contributed by atoms with Crippen LogP contribution >= 0.6 is 0 Å². The van der Waals surface area contributed by atoms with Gasteiger partial charge in [-0.2, -0.15) is 0 Å². The number of benzene rings is 1. The van der Waals surface area contributed by atoms with Crippen molar-refractivity contribution in [2.45, 2.75) is 107 Å². The Labute approximate surface area is 328 Å². The average Bonchev–Trinajstić information content (AvgIpc) is 3.94. The molecule has 2 saturated heterocycles. The maximum absolute atomic E-state index is 14.8. The lowest BCUT2D eigenvalue weighted by Gasteiger charge is -2.31. The molecule has 3 aliphatic carbocycles. The Morgan fingerprint density at radius 2 is 1.80 bits per heavy atom. The maximum atomic E-state index is 14.8. The number of pyridine rings is 1. The quantitative estimate of drug-likeness (QED) is 0.320. The van der Waals surface area contributed by atoms with Crippen molar-refractivity contribution in [1.82, 2.24) is 25.4 Å². The van der Waals surface area contributed by atoms with Gasteiger partial charge in [-0.15, -0.1) is 6.58 Å². The van der Waals surface area contributed by atoms with Gasteiger partial charge in [-0.3, -0.25) is 19.3 Å². The second kappa shape index (κ2) is 16.6. The van der Waals surface area contributed by atoms with Gasteiger partial charge in [0.2, 0.25) is 23.6 Å². The second-order valence-electron chi connectivity index (χ2n) is 16.6. The van der Waals surface area contributed by atoms with Gasteiger partial charge in [0, 0.05) is 37.4 Å². The number of hydrogen-bond donors (Lipinski definition) is 3. The Kier molecular flexibility index (Phi) is 11.4. The third-order valence-electron chi connectivity index (χ3n) is 12.9. The molecule has 14 nitrogen and oxygen atoms in total. The van der Waals surface area contributed by atoms with Gasteiger partial charge in [-0.1, -0.05) is 43.9 Å². The molecule has 1 aromatic heterocycles. The van der Waals surface area contributed by atoms with Gasteiger partial charge >= 0.3 is 6.09 Å². The molecule has 14 heteroatoms. The molecular weight excluding hydrogens is 716 g/mol. The van der Waals surface area contributed by atoms with E-state index >= 15 is 0 Å². The minimum Gasteiger partial charge on any atom is -0.491 e. The number of hydrogen-bond acceptors (Lipinski definition) is 10. The van der Waals surface area contributed by atoms with E-state index in [1.54, 1.807) is 6.08 Å². The number of carbonyl (C=O) groups is 4. The fourth-order valence-corrected chi connectivity index (χ4v) is 9.38. The Hall–Kier alpha value is -4.43. The monoisotopic (exact) mass is 772 g/mol. The minimum absolute atomic E-state index is 0.0805. The molecule has 5 fully saturated rings. The lowest BCUT2D eigenvalue weighted by Crippen LogP contribution is -2.58. The van der Waals surface area contributed by atoms with E-state index in [2.05, 4.69) is 22.1 Å². The first-order chi connectivity index (χ1) is 27.2. The number of morpholine rings is 1. The Morgan fingerprint density at radius 3 is 2.57 bits per heavy atom. The number of ether oxygens (including phenoxy) is 4. The summed E-state index contributed by atoms with van der Waals surface area (Å²) in [5, 5.41) is 6.75. The van der Waals surface area contributed by atoms with Crippen molar-refractivity contribution in [2.24, 2.45) is 23.5 Å².